The third-order valence-corrected chi connectivity index (χ3v) is 3.86. The number of rotatable bonds is 7. The molecule has 0 atom stereocenters. The Morgan fingerprint density at radius 3 is 2.95 bits per heavy atom. The van der Waals surface area contributed by atoms with E-state index in [1.807, 2.05) is 0 Å². The highest BCUT2D eigenvalue weighted by atomic mass is 32.2. The van der Waals surface area contributed by atoms with Crippen molar-refractivity contribution < 1.29 is 18.7 Å². The van der Waals surface area contributed by atoms with Crippen LogP contribution in [0.1, 0.15) is 6.42 Å². The van der Waals surface area contributed by atoms with Crippen LogP contribution < -0.4 is 10.1 Å². The van der Waals surface area contributed by atoms with E-state index in [4.69, 9.17) is 4.74 Å². The second-order valence-corrected chi connectivity index (χ2v) is 5.53. The van der Waals surface area contributed by atoms with Crippen LogP contribution in [0.25, 0.3) is 0 Å². The van der Waals surface area contributed by atoms with Gasteiger partial charge in [-0.1, -0.05) is 23.9 Å². The number of amides is 2. The summed E-state index contributed by atoms with van der Waals surface area (Å²) in [6.07, 6.45) is 0.270. The van der Waals surface area contributed by atoms with Crippen molar-refractivity contribution in [3.63, 3.8) is 0 Å². The van der Waals surface area contributed by atoms with Gasteiger partial charge in [0.25, 0.3) is 5.24 Å². The molecule has 1 aliphatic rings. The van der Waals surface area contributed by atoms with E-state index < -0.39 is 5.82 Å². The third-order valence-electron chi connectivity index (χ3n) is 2.97. The molecule has 1 saturated heterocycles. The lowest BCUT2D eigenvalue weighted by Gasteiger charge is -2.14. The van der Waals surface area contributed by atoms with Crippen LogP contribution in [0.5, 0.6) is 5.75 Å². The van der Waals surface area contributed by atoms with Crippen molar-refractivity contribution in [1.82, 2.24) is 10.2 Å². The van der Waals surface area contributed by atoms with E-state index in [0.717, 1.165) is 5.75 Å². The maximum absolute atomic E-state index is 13.3. The largest absolute Gasteiger partial charge is 0.489 e. The first kappa shape index (κ1) is 15.6. The monoisotopic (exact) mass is 312 g/mol. The van der Waals surface area contributed by atoms with Crippen LogP contribution in [0.15, 0.2) is 24.3 Å². The van der Waals surface area contributed by atoms with E-state index in [9.17, 15) is 14.0 Å². The minimum Gasteiger partial charge on any atom is -0.489 e. The molecule has 0 radical (unpaired) electrons. The summed E-state index contributed by atoms with van der Waals surface area (Å²) in [4.78, 5) is 24.6. The Hall–Kier alpha value is -1.76. The number of nitrogens with zero attached hydrogens (tertiary/aromatic N) is 1. The van der Waals surface area contributed by atoms with Crippen LogP contribution in [0.4, 0.5) is 9.18 Å². The predicted octanol–water partition coefficient (Wildman–Crippen LogP) is 1.88. The van der Waals surface area contributed by atoms with Gasteiger partial charge in [0.05, 0.1) is 6.54 Å². The molecule has 5 nitrogen and oxygen atoms in total. The smallest absolute Gasteiger partial charge is 0.281 e. The molecule has 0 bridgehead atoms. The molecule has 1 N–H and O–H groups in total. The Labute approximate surface area is 126 Å². The molecule has 21 heavy (non-hydrogen) atoms. The molecule has 2 amide bonds. The summed E-state index contributed by atoms with van der Waals surface area (Å²) in [5.74, 6) is 0.397. The molecule has 1 heterocycles. The van der Waals surface area contributed by atoms with Crippen LogP contribution in [-0.4, -0.2) is 48.0 Å². The lowest BCUT2D eigenvalue weighted by Crippen LogP contribution is -2.32. The number of thioether (sulfide) groups is 1. The quantitative estimate of drug-likeness (QED) is 0.781. The third kappa shape index (κ3) is 4.93. The van der Waals surface area contributed by atoms with Crippen molar-refractivity contribution in [3.05, 3.63) is 30.1 Å². The second-order valence-electron chi connectivity index (χ2n) is 4.48. The first-order valence-electron chi connectivity index (χ1n) is 6.72. The maximum atomic E-state index is 13.3. The van der Waals surface area contributed by atoms with Gasteiger partial charge in [-0.15, -0.1) is 0 Å². The number of hydrogen-bond donors (Lipinski definition) is 1. The van der Waals surface area contributed by atoms with Crippen LogP contribution >= 0.6 is 11.8 Å². The van der Waals surface area contributed by atoms with E-state index >= 15 is 0 Å². The van der Waals surface area contributed by atoms with Gasteiger partial charge in [-0.2, -0.15) is 0 Å². The zero-order valence-corrected chi connectivity index (χ0v) is 12.3. The SMILES string of the molecule is O=C(CCN1CCSC1=O)NCCOc1ccccc1F. The molecule has 1 aromatic rings. The molecule has 0 spiro atoms. The highest BCUT2D eigenvalue weighted by Gasteiger charge is 2.21. The number of carbonyl (C=O) groups excluding carboxylic acids is 2. The van der Waals surface area contributed by atoms with Gasteiger partial charge in [-0.25, -0.2) is 4.39 Å². The van der Waals surface area contributed by atoms with E-state index in [1.54, 1.807) is 17.0 Å². The highest BCUT2D eigenvalue weighted by Crippen LogP contribution is 2.17. The second kappa shape index (κ2) is 7.87. The fourth-order valence-corrected chi connectivity index (χ4v) is 2.72. The summed E-state index contributed by atoms with van der Waals surface area (Å²) < 4.78 is 18.5. The van der Waals surface area contributed by atoms with Crippen LogP contribution in [-0.2, 0) is 4.79 Å². The zero-order valence-electron chi connectivity index (χ0n) is 11.5. The number of nitrogens with one attached hydrogen (secondary N) is 1. The van der Waals surface area contributed by atoms with Gasteiger partial charge in [-0.05, 0) is 12.1 Å². The molecule has 0 aromatic heterocycles. The van der Waals surface area contributed by atoms with Gasteiger partial charge in [0.2, 0.25) is 5.91 Å². The molecule has 1 aromatic carbocycles. The lowest BCUT2D eigenvalue weighted by molar-refractivity contribution is -0.121. The van der Waals surface area contributed by atoms with E-state index in [-0.39, 0.29) is 29.9 Å². The molecular weight excluding hydrogens is 295 g/mol. The molecule has 2 rings (SSSR count). The Kier molecular flexibility index (Phi) is 5.86. The Morgan fingerprint density at radius 1 is 1.43 bits per heavy atom. The molecule has 1 fully saturated rings. The van der Waals surface area contributed by atoms with Gasteiger partial charge < -0.3 is 15.0 Å². The van der Waals surface area contributed by atoms with Crippen molar-refractivity contribution in [1.29, 1.82) is 0 Å². The Bertz CT molecular complexity index is 513. The normalized spacial score (nSPS) is 14.3. The first-order valence-corrected chi connectivity index (χ1v) is 7.71. The molecule has 0 unspecified atom stereocenters. The number of para-hydroxylation sites is 1. The number of halogens is 1. The summed E-state index contributed by atoms with van der Waals surface area (Å²) >= 11 is 1.28. The first-order chi connectivity index (χ1) is 10.2. The minimum absolute atomic E-state index is 0.0330. The molecule has 7 heteroatoms. The van der Waals surface area contributed by atoms with Crippen molar-refractivity contribution in [2.24, 2.45) is 0 Å². The van der Waals surface area contributed by atoms with E-state index in [2.05, 4.69) is 5.32 Å². The van der Waals surface area contributed by atoms with E-state index in [1.165, 1.54) is 23.9 Å². The summed E-state index contributed by atoms with van der Waals surface area (Å²) in [7, 11) is 0. The average molecular weight is 312 g/mol. The van der Waals surface area contributed by atoms with Crippen molar-refractivity contribution >= 4 is 22.9 Å². The maximum Gasteiger partial charge on any atom is 0.281 e. The minimum atomic E-state index is -0.422. The van der Waals surface area contributed by atoms with Crippen molar-refractivity contribution in [2.45, 2.75) is 6.42 Å². The molecule has 0 aliphatic carbocycles. The molecule has 0 saturated carbocycles. The summed E-state index contributed by atoms with van der Waals surface area (Å²) in [6, 6.07) is 6.12. The summed E-state index contributed by atoms with van der Waals surface area (Å²) in [5.41, 5.74) is 0. The van der Waals surface area contributed by atoms with Crippen molar-refractivity contribution in [3.8, 4) is 5.75 Å². The summed E-state index contributed by atoms with van der Waals surface area (Å²) in [5, 5.41) is 2.71. The fourth-order valence-electron chi connectivity index (χ4n) is 1.87. The van der Waals surface area contributed by atoms with Gasteiger partial charge in [-0.3, -0.25) is 9.59 Å². The van der Waals surface area contributed by atoms with Gasteiger partial charge in [0.15, 0.2) is 11.6 Å². The topological polar surface area (TPSA) is 58.6 Å². The number of benzene rings is 1. The Balaban J connectivity index is 1.59. The zero-order chi connectivity index (χ0) is 15.1. The number of carbonyl (C=O) groups is 2. The number of hydrogen-bond acceptors (Lipinski definition) is 4. The van der Waals surface area contributed by atoms with Gasteiger partial charge >= 0.3 is 0 Å². The van der Waals surface area contributed by atoms with Crippen molar-refractivity contribution in [2.75, 3.05) is 32.0 Å². The predicted molar refractivity (Wildman–Crippen MR) is 78.9 cm³/mol. The summed E-state index contributed by atoms with van der Waals surface area (Å²) in [6.45, 7) is 1.64. The standard InChI is InChI=1S/C14H17FN2O3S/c15-11-3-1-2-4-12(11)20-9-6-16-13(18)5-7-17-8-10-21-14(17)19/h1-4H,5-10H2,(H,16,18). The van der Waals surface area contributed by atoms with Crippen LogP contribution in [0.2, 0.25) is 0 Å². The highest BCUT2D eigenvalue weighted by molar-refractivity contribution is 8.13. The molecule has 114 valence electrons. The lowest BCUT2D eigenvalue weighted by atomic mass is 10.3. The average Bonchev–Trinajstić information content (AvgIpc) is 2.88. The Morgan fingerprint density at radius 2 is 2.24 bits per heavy atom. The molecular formula is C14H17FN2O3S. The fraction of sp³-hybridized carbons (Fsp3) is 0.429. The van der Waals surface area contributed by atoms with Crippen LogP contribution in [0.3, 0.4) is 0 Å². The van der Waals surface area contributed by atoms with Gasteiger partial charge in [0, 0.05) is 25.3 Å². The molecule has 1 aliphatic heterocycles. The van der Waals surface area contributed by atoms with Crippen LogP contribution in [0, 0.1) is 5.82 Å². The van der Waals surface area contributed by atoms with E-state index in [0.29, 0.717) is 19.6 Å². The van der Waals surface area contributed by atoms with Gasteiger partial charge in [0.1, 0.15) is 6.61 Å². The number of ether oxygens (including phenoxy) is 1.